The van der Waals surface area contributed by atoms with Gasteiger partial charge in [0.1, 0.15) is 0 Å². The molecule has 0 spiro atoms. The Morgan fingerprint density at radius 3 is 2.91 bits per heavy atom. The average Bonchev–Trinajstić information content (AvgIpc) is 1.85. The van der Waals surface area contributed by atoms with E-state index in [-0.39, 0.29) is 0 Å². The van der Waals surface area contributed by atoms with Crippen LogP contribution in [0.25, 0.3) is 0 Å². The summed E-state index contributed by atoms with van der Waals surface area (Å²) in [4.78, 5) is 0. The largest absolute Gasteiger partial charge is 0.362 e. The van der Waals surface area contributed by atoms with Gasteiger partial charge in [0.2, 0.25) is 0 Å². The molecule has 11 heavy (non-hydrogen) atoms. The maximum atomic E-state index is 7.23. The zero-order chi connectivity index (χ0) is 8.27. The third-order valence-electron chi connectivity index (χ3n) is 1.35. The van der Waals surface area contributed by atoms with Gasteiger partial charge in [-0.25, -0.2) is 0 Å². The molecule has 0 atom stereocenters. The number of allylic oxidation sites excluding steroid dienone is 4. The van der Waals surface area contributed by atoms with Gasteiger partial charge in [-0.05, 0) is 37.6 Å². The Balaban J connectivity index is 2.78. The van der Waals surface area contributed by atoms with Crippen LogP contribution < -0.4 is 5.32 Å². The van der Waals surface area contributed by atoms with E-state index in [4.69, 9.17) is 5.41 Å². The lowest BCUT2D eigenvalue weighted by Crippen LogP contribution is -2.07. The second-order valence-electron chi connectivity index (χ2n) is 2.65. The number of rotatable bonds is 1. The van der Waals surface area contributed by atoms with Crippen LogP contribution in [0.3, 0.4) is 0 Å². The minimum atomic E-state index is 0.562. The lowest BCUT2D eigenvalue weighted by Gasteiger charge is -2.07. The summed E-state index contributed by atoms with van der Waals surface area (Å²) in [5.41, 5.74) is 2.75. The molecule has 1 rings (SSSR count). The molecule has 58 valence electrons. The molecule has 0 saturated heterocycles. The summed E-state index contributed by atoms with van der Waals surface area (Å²) in [6.07, 6.45) is 7.69. The molecule has 0 amide bonds. The summed E-state index contributed by atoms with van der Waals surface area (Å²) in [5.74, 6) is 0. The molecular formula is C9H12N2. The van der Waals surface area contributed by atoms with E-state index in [2.05, 4.69) is 5.32 Å². The fourth-order valence-electron chi connectivity index (χ4n) is 0.921. The van der Waals surface area contributed by atoms with E-state index in [0.29, 0.717) is 5.71 Å². The fourth-order valence-corrected chi connectivity index (χ4v) is 0.921. The standard InChI is InChI=1S/C9H12N2/c1-7-3-4-11-9(5-7)6-8(2)10/h3-6,10-11H,1-2H3/b9-6-,10-8?. The molecule has 0 fully saturated rings. The molecule has 2 heteroatoms. The van der Waals surface area contributed by atoms with Crippen molar-refractivity contribution < 1.29 is 0 Å². The molecule has 0 radical (unpaired) electrons. The van der Waals surface area contributed by atoms with E-state index in [1.165, 1.54) is 5.57 Å². The molecule has 1 aliphatic heterocycles. The number of dihydropyridines is 1. The maximum Gasteiger partial charge on any atom is 0.0400 e. The highest BCUT2D eigenvalue weighted by Crippen LogP contribution is 2.05. The van der Waals surface area contributed by atoms with Crippen LogP contribution in [-0.4, -0.2) is 5.71 Å². The number of hydrogen-bond acceptors (Lipinski definition) is 2. The molecule has 2 N–H and O–H groups in total. The molecule has 0 saturated carbocycles. The lowest BCUT2D eigenvalue weighted by atomic mass is 10.2. The topological polar surface area (TPSA) is 35.9 Å². The van der Waals surface area contributed by atoms with E-state index in [1.807, 2.05) is 25.3 Å². The molecule has 0 aromatic carbocycles. The van der Waals surface area contributed by atoms with Gasteiger partial charge in [0.15, 0.2) is 0 Å². The zero-order valence-electron chi connectivity index (χ0n) is 6.81. The molecule has 0 aromatic heterocycles. The summed E-state index contributed by atoms with van der Waals surface area (Å²) in [6, 6.07) is 0. The molecule has 0 aliphatic carbocycles. The van der Waals surface area contributed by atoms with E-state index >= 15 is 0 Å². The molecule has 0 unspecified atom stereocenters. The van der Waals surface area contributed by atoms with Crippen molar-refractivity contribution in [1.82, 2.24) is 5.32 Å². The normalized spacial score (nSPS) is 19.5. The van der Waals surface area contributed by atoms with Crippen molar-refractivity contribution in [2.75, 3.05) is 0 Å². The zero-order valence-corrected chi connectivity index (χ0v) is 6.81. The molecular weight excluding hydrogens is 136 g/mol. The van der Waals surface area contributed by atoms with Crippen LogP contribution in [0.15, 0.2) is 35.7 Å². The van der Waals surface area contributed by atoms with Crippen molar-refractivity contribution in [3.63, 3.8) is 0 Å². The van der Waals surface area contributed by atoms with Crippen LogP contribution >= 0.6 is 0 Å². The Morgan fingerprint density at radius 1 is 1.64 bits per heavy atom. The van der Waals surface area contributed by atoms with Gasteiger partial charge in [0.25, 0.3) is 0 Å². The van der Waals surface area contributed by atoms with Crippen LogP contribution in [0.2, 0.25) is 0 Å². The molecule has 1 heterocycles. The van der Waals surface area contributed by atoms with Crippen molar-refractivity contribution in [2.45, 2.75) is 13.8 Å². The van der Waals surface area contributed by atoms with Crippen molar-refractivity contribution in [1.29, 1.82) is 5.41 Å². The first kappa shape index (κ1) is 7.79. The van der Waals surface area contributed by atoms with Crippen molar-refractivity contribution in [3.8, 4) is 0 Å². The predicted octanol–water partition coefficient (Wildman–Crippen LogP) is 1.97. The number of nitrogens with one attached hydrogen (secondary N) is 2. The van der Waals surface area contributed by atoms with E-state index in [1.54, 1.807) is 13.0 Å². The highest BCUT2D eigenvalue weighted by atomic mass is 14.8. The monoisotopic (exact) mass is 148 g/mol. The number of hydrogen-bond donors (Lipinski definition) is 2. The van der Waals surface area contributed by atoms with Crippen LogP contribution in [0.1, 0.15) is 13.8 Å². The van der Waals surface area contributed by atoms with Crippen molar-refractivity contribution in [2.24, 2.45) is 0 Å². The molecule has 0 bridgehead atoms. The highest BCUT2D eigenvalue weighted by Gasteiger charge is 1.95. The smallest absolute Gasteiger partial charge is 0.0400 e. The molecule has 1 aliphatic rings. The Bertz CT molecular complexity index is 257. The Kier molecular flexibility index (Phi) is 2.26. The van der Waals surface area contributed by atoms with E-state index in [0.717, 1.165) is 5.70 Å². The first-order valence-corrected chi connectivity index (χ1v) is 3.57. The SMILES string of the molecule is CC(=N)/C=C1/C=C(C)C=CN1. The minimum Gasteiger partial charge on any atom is -0.362 e. The van der Waals surface area contributed by atoms with Gasteiger partial charge in [-0.2, -0.15) is 0 Å². The lowest BCUT2D eigenvalue weighted by molar-refractivity contribution is 1.08. The van der Waals surface area contributed by atoms with Gasteiger partial charge >= 0.3 is 0 Å². The summed E-state index contributed by atoms with van der Waals surface area (Å²) >= 11 is 0. The summed E-state index contributed by atoms with van der Waals surface area (Å²) in [7, 11) is 0. The summed E-state index contributed by atoms with van der Waals surface area (Å²) < 4.78 is 0. The first-order chi connectivity index (χ1) is 5.18. The maximum absolute atomic E-state index is 7.23. The summed E-state index contributed by atoms with van der Waals surface area (Å²) in [5, 5.41) is 10.3. The second kappa shape index (κ2) is 3.19. The van der Waals surface area contributed by atoms with Gasteiger partial charge in [-0.15, -0.1) is 0 Å². The predicted molar refractivity (Wildman–Crippen MR) is 47.5 cm³/mol. The van der Waals surface area contributed by atoms with Crippen molar-refractivity contribution in [3.05, 3.63) is 35.7 Å². The first-order valence-electron chi connectivity index (χ1n) is 3.57. The van der Waals surface area contributed by atoms with Crippen molar-refractivity contribution >= 4 is 5.71 Å². The van der Waals surface area contributed by atoms with Gasteiger partial charge in [0.05, 0.1) is 0 Å². The average molecular weight is 148 g/mol. The second-order valence-corrected chi connectivity index (χ2v) is 2.65. The third kappa shape index (κ3) is 2.42. The van der Waals surface area contributed by atoms with Gasteiger partial charge < -0.3 is 10.7 Å². The Morgan fingerprint density at radius 2 is 2.36 bits per heavy atom. The highest BCUT2D eigenvalue weighted by molar-refractivity contribution is 5.91. The fraction of sp³-hybridized carbons (Fsp3) is 0.222. The Hall–Kier alpha value is -1.31. The summed E-state index contributed by atoms with van der Waals surface area (Å²) in [6.45, 7) is 3.79. The van der Waals surface area contributed by atoms with Crippen LogP contribution in [0, 0.1) is 5.41 Å². The molecule has 0 aromatic rings. The van der Waals surface area contributed by atoms with E-state index < -0.39 is 0 Å². The third-order valence-corrected chi connectivity index (χ3v) is 1.35. The molecule has 2 nitrogen and oxygen atoms in total. The van der Waals surface area contributed by atoms with Gasteiger partial charge in [-0.3, -0.25) is 0 Å². The van der Waals surface area contributed by atoms with Gasteiger partial charge in [0, 0.05) is 17.6 Å². The quantitative estimate of drug-likeness (QED) is 0.548. The van der Waals surface area contributed by atoms with Crippen LogP contribution in [0.4, 0.5) is 0 Å². The van der Waals surface area contributed by atoms with Crippen LogP contribution in [0.5, 0.6) is 0 Å². The minimum absolute atomic E-state index is 0.562. The van der Waals surface area contributed by atoms with E-state index in [9.17, 15) is 0 Å². The van der Waals surface area contributed by atoms with Gasteiger partial charge in [-0.1, -0.05) is 0 Å². The van der Waals surface area contributed by atoms with Crippen LogP contribution in [-0.2, 0) is 0 Å². The Labute approximate surface area is 66.8 Å².